The maximum absolute atomic E-state index is 12.4. The molecule has 1 heterocycles. The summed E-state index contributed by atoms with van der Waals surface area (Å²) < 4.78 is 0. The Kier molecular flexibility index (Phi) is 6.01. The zero-order valence-corrected chi connectivity index (χ0v) is 15.8. The first-order valence-corrected chi connectivity index (χ1v) is 9.86. The van der Waals surface area contributed by atoms with E-state index in [1.807, 2.05) is 6.07 Å². The van der Waals surface area contributed by atoms with Crippen LogP contribution in [0.2, 0.25) is 10.0 Å². The smallest absolute Gasteiger partial charge is 0.174 e. The van der Waals surface area contributed by atoms with E-state index >= 15 is 0 Å². The number of ketones is 1. The van der Waals surface area contributed by atoms with Crippen LogP contribution in [0.15, 0.2) is 29.3 Å². The lowest BCUT2D eigenvalue weighted by molar-refractivity contribution is 0.102. The van der Waals surface area contributed by atoms with Crippen LogP contribution < -0.4 is 0 Å². The SMILES string of the molecule is N#Cc1cc2c(nc1SCC(=O)c1ccc(Cl)cc1Cl)CCCCC2. The normalized spacial score (nSPS) is 13.6. The van der Waals surface area contributed by atoms with E-state index in [2.05, 4.69) is 11.1 Å². The van der Waals surface area contributed by atoms with Gasteiger partial charge in [0.25, 0.3) is 0 Å². The van der Waals surface area contributed by atoms with Gasteiger partial charge >= 0.3 is 0 Å². The topological polar surface area (TPSA) is 53.8 Å². The summed E-state index contributed by atoms with van der Waals surface area (Å²) in [7, 11) is 0. The summed E-state index contributed by atoms with van der Waals surface area (Å²) in [5.74, 6) is 0.0780. The number of benzene rings is 1. The van der Waals surface area contributed by atoms with Gasteiger partial charge in [-0.3, -0.25) is 4.79 Å². The summed E-state index contributed by atoms with van der Waals surface area (Å²) in [5, 5.41) is 10.9. The van der Waals surface area contributed by atoms with E-state index in [9.17, 15) is 10.1 Å². The van der Waals surface area contributed by atoms with Crippen molar-refractivity contribution in [1.29, 1.82) is 5.26 Å². The van der Waals surface area contributed by atoms with Crippen molar-refractivity contribution in [2.75, 3.05) is 5.75 Å². The molecule has 1 aliphatic carbocycles. The Morgan fingerprint density at radius 2 is 2.00 bits per heavy atom. The highest BCUT2D eigenvalue weighted by atomic mass is 35.5. The number of hydrogen-bond acceptors (Lipinski definition) is 4. The van der Waals surface area contributed by atoms with Gasteiger partial charge in [0.05, 0.1) is 16.3 Å². The molecule has 0 bridgehead atoms. The monoisotopic (exact) mass is 390 g/mol. The molecule has 1 aromatic carbocycles. The largest absolute Gasteiger partial charge is 0.293 e. The number of rotatable bonds is 4. The zero-order chi connectivity index (χ0) is 17.8. The van der Waals surface area contributed by atoms with Gasteiger partial charge in [0.1, 0.15) is 11.1 Å². The summed E-state index contributed by atoms with van der Waals surface area (Å²) in [6.07, 6.45) is 5.36. The van der Waals surface area contributed by atoms with Gasteiger partial charge in [0.2, 0.25) is 0 Å². The van der Waals surface area contributed by atoms with Gasteiger partial charge in [-0.25, -0.2) is 4.98 Å². The molecule has 3 nitrogen and oxygen atoms in total. The molecule has 0 saturated heterocycles. The van der Waals surface area contributed by atoms with Crippen LogP contribution in [-0.4, -0.2) is 16.5 Å². The van der Waals surface area contributed by atoms with E-state index in [0.29, 0.717) is 26.2 Å². The second-order valence-corrected chi connectivity index (χ2v) is 7.76. The minimum atomic E-state index is -0.104. The van der Waals surface area contributed by atoms with Crippen LogP contribution in [0.5, 0.6) is 0 Å². The molecule has 0 amide bonds. The highest BCUT2D eigenvalue weighted by Crippen LogP contribution is 2.28. The fraction of sp³-hybridized carbons (Fsp3) is 0.316. The second-order valence-electron chi connectivity index (χ2n) is 5.96. The van der Waals surface area contributed by atoms with Crippen molar-refractivity contribution in [3.63, 3.8) is 0 Å². The summed E-state index contributed by atoms with van der Waals surface area (Å²) in [6.45, 7) is 0. The molecule has 0 saturated carbocycles. The van der Waals surface area contributed by atoms with Crippen LogP contribution in [0.25, 0.3) is 0 Å². The fourth-order valence-electron chi connectivity index (χ4n) is 2.91. The van der Waals surface area contributed by atoms with Crippen LogP contribution >= 0.6 is 35.0 Å². The number of aryl methyl sites for hydroxylation is 2. The molecule has 128 valence electrons. The van der Waals surface area contributed by atoms with E-state index in [0.717, 1.165) is 31.4 Å². The van der Waals surface area contributed by atoms with E-state index < -0.39 is 0 Å². The number of nitrogens with zero attached hydrogens (tertiary/aromatic N) is 2. The summed E-state index contributed by atoms with van der Waals surface area (Å²) >= 11 is 13.3. The maximum Gasteiger partial charge on any atom is 0.174 e. The number of nitriles is 1. The first-order chi connectivity index (χ1) is 12.1. The van der Waals surface area contributed by atoms with E-state index in [-0.39, 0.29) is 11.5 Å². The highest BCUT2D eigenvalue weighted by molar-refractivity contribution is 8.00. The van der Waals surface area contributed by atoms with Crippen molar-refractivity contribution in [2.45, 2.75) is 37.1 Å². The minimum absolute atomic E-state index is 0.104. The van der Waals surface area contributed by atoms with Gasteiger partial charge in [-0.2, -0.15) is 5.26 Å². The molecular weight excluding hydrogens is 375 g/mol. The van der Waals surface area contributed by atoms with Crippen LogP contribution in [-0.2, 0) is 12.8 Å². The molecule has 0 fully saturated rings. The van der Waals surface area contributed by atoms with Crippen molar-refractivity contribution in [3.8, 4) is 6.07 Å². The Morgan fingerprint density at radius 3 is 2.76 bits per heavy atom. The van der Waals surface area contributed by atoms with Gasteiger partial charge in [-0.1, -0.05) is 41.4 Å². The molecule has 0 atom stereocenters. The van der Waals surface area contributed by atoms with Crippen molar-refractivity contribution in [3.05, 3.63) is 56.7 Å². The number of carbonyl (C=O) groups excluding carboxylic acids is 1. The number of pyridine rings is 1. The van der Waals surface area contributed by atoms with E-state index in [4.69, 9.17) is 23.2 Å². The van der Waals surface area contributed by atoms with Gasteiger partial charge in [0.15, 0.2) is 5.78 Å². The zero-order valence-electron chi connectivity index (χ0n) is 13.5. The molecule has 0 spiro atoms. The van der Waals surface area contributed by atoms with Crippen LogP contribution in [0.1, 0.15) is 46.4 Å². The van der Waals surface area contributed by atoms with Gasteiger partial charge in [0, 0.05) is 16.3 Å². The first kappa shape index (κ1) is 18.3. The molecule has 1 aromatic heterocycles. The average Bonchev–Trinajstić information content (AvgIpc) is 2.83. The Hall–Kier alpha value is -1.54. The van der Waals surface area contributed by atoms with Crippen LogP contribution in [0, 0.1) is 11.3 Å². The Bertz CT molecular complexity index is 861. The minimum Gasteiger partial charge on any atom is -0.293 e. The Balaban J connectivity index is 1.79. The molecule has 1 aliphatic rings. The summed E-state index contributed by atoms with van der Waals surface area (Å²) in [6, 6.07) is 8.98. The lowest BCUT2D eigenvalue weighted by atomic mass is 10.1. The number of hydrogen-bond donors (Lipinski definition) is 0. The summed E-state index contributed by atoms with van der Waals surface area (Å²) in [4.78, 5) is 17.1. The number of fused-ring (bicyclic) bond motifs is 1. The predicted molar refractivity (Wildman–Crippen MR) is 102 cm³/mol. The molecule has 3 rings (SSSR count). The van der Waals surface area contributed by atoms with E-state index in [1.54, 1.807) is 18.2 Å². The Labute approximate surface area is 161 Å². The second kappa shape index (κ2) is 8.23. The fourth-order valence-corrected chi connectivity index (χ4v) is 4.28. The maximum atomic E-state index is 12.4. The molecule has 0 N–H and O–H groups in total. The molecule has 2 aromatic rings. The number of aromatic nitrogens is 1. The van der Waals surface area contributed by atoms with Gasteiger partial charge in [-0.15, -0.1) is 0 Å². The third-order valence-corrected chi connectivity index (χ3v) is 5.75. The third kappa shape index (κ3) is 4.36. The average molecular weight is 391 g/mol. The third-order valence-electron chi connectivity index (χ3n) is 4.21. The molecule has 0 radical (unpaired) electrons. The Morgan fingerprint density at radius 1 is 1.20 bits per heavy atom. The molecule has 6 heteroatoms. The van der Waals surface area contributed by atoms with Crippen molar-refractivity contribution >= 4 is 40.7 Å². The number of halogens is 2. The van der Waals surface area contributed by atoms with Gasteiger partial charge < -0.3 is 0 Å². The van der Waals surface area contributed by atoms with Crippen molar-refractivity contribution in [1.82, 2.24) is 4.98 Å². The first-order valence-electron chi connectivity index (χ1n) is 8.12. The quantitative estimate of drug-likeness (QED) is 0.392. The van der Waals surface area contributed by atoms with Crippen LogP contribution in [0.3, 0.4) is 0 Å². The number of thioether (sulfide) groups is 1. The van der Waals surface area contributed by atoms with Crippen molar-refractivity contribution < 1.29 is 4.79 Å². The number of Topliss-reactive ketones (excluding diaryl/α,β-unsaturated/α-hetero) is 1. The molecule has 25 heavy (non-hydrogen) atoms. The predicted octanol–water partition coefficient (Wildman–Crippen LogP) is 5.50. The lowest BCUT2D eigenvalue weighted by Crippen LogP contribution is -2.05. The standard InChI is InChI=1S/C19H16Cl2N2OS/c20-14-6-7-15(16(21)9-14)18(24)11-25-19-13(10-22)8-12-4-2-1-3-5-17(12)23-19/h6-9H,1-5,11H2. The highest BCUT2D eigenvalue weighted by Gasteiger charge is 2.17. The van der Waals surface area contributed by atoms with E-state index in [1.165, 1.54) is 23.7 Å². The van der Waals surface area contributed by atoms with Crippen LogP contribution in [0.4, 0.5) is 0 Å². The molecular formula is C19H16Cl2N2OS. The van der Waals surface area contributed by atoms with Crippen molar-refractivity contribution in [2.24, 2.45) is 0 Å². The molecule has 0 aliphatic heterocycles. The molecule has 0 unspecified atom stereocenters. The summed E-state index contributed by atoms with van der Waals surface area (Å²) in [5.41, 5.74) is 3.22. The number of carbonyl (C=O) groups is 1. The van der Waals surface area contributed by atoms with Gasteiger partial charge in [-0.05, 0) is 55.5 Å². The lowest BCUT2D eigenvalue weighted by Gasteiger charge is -2.10.